The third-order valence-electron chi connectivity index (χ3n) is 1.44. The van der Waals surface area contributed by atoms with E-state index < -0.39 is 0 Å². The van der Waals surface area contributed by atoms with Crippen molar-refractivity contribution in [2.45, 2.75) is 6.67 Å². The van der Waals surface area contributed by atoms with Gasteiger partial charge < -0.3 is 10.6 Å². The summed E-state index contributed by atoms with van der Waals surface area (Å²) < 4.78 is 1.74. The molecule has 0 radical (unpaired) electrons. The minimum atomic E-state index is 0.387. The number of carbonyl (C=O) groups excluding carboxylic acids is 2. The van der Waals surface area contributed by atoms with Gasteiger partial charge in [0.25, 0.3) is 0 Å². The molecule has 5 heteroatoms. The number of nitrogens with one attached hydrogen (secondary N) is 2. The second kappa shape index (κ2) is 4.87. The van der Waals surface area contributed by atoms with E-state index >= 15 is 0 Å². The molecule has 0 aromatic carbocycles. The molecule has 1 aromatic rings. The fraction of sp³-hybridized carbons (Fsp3) is 0.125. The number of pyridine rings is 1. The van der Waals surface area contributed by atoms with Crippen LogP contribution in [0.2, 0.25) is 0 Å². The average Bonchev–Trinajstić information content (AvgIpc) is 2.16. The summed E-state index contributed by atoms with van der Waals surface area (Å²) in [5, 5.41) is 5.01. The summed E-state index contributed by atoms with van der Waals surface area (Å²) in [6, 6.07) is 3.53. The average molecular weight is 180 g/mol. The van der Waals surface area contributed by atoms with Gasteiger partial charge in [0.15, 0.2) is 12.4 Å². The molecule has 0 bridgehead atoms. The summed E-state index contributed by atoms with van der Waals surface area (Å²) in [6.45, 7) is 0.387. The second-order valence-corrected chi connectivity index (χ2v) is 2.35. The molecule has 0 aliphatic carbocycles. The summed E-state index contributed by atoms with van der Waals surface area (Å²) in [5.74, 6) is 0. The standard InChI is InChI=1S/C8H9N3O2/c12-6-9-5-11-3-1-2-8(4-11)10-7-13/h1-4,6-7H,5H2,(H-,9,10,12,13)/p+1. The van der Waals surface area contributed by atoms with E-state index in [1.807, 2.05) is 0 Å². The van der Waals surface area contributed by atoms with Gasteiger partial charge in [-0.05, 0) is 6.07 Å². The van der Waals surface area contributed by atoms with E-state index in [0.717, 1.165) is 0 Å². The van der Waals surface area contributed by atoms with Crippen molar-refractivity contribution in [3.05, 3.63) is 24.5 Å². The van der Waals surface area contributed by atoms with Crippen LogP contribution in [0.15, 0.2) is 24.5 Å². The number of hydrogen-bond acceptors (Lipinski definition) is 2. The number of rotatable bonds is 5. The Morgan fingerprint density at radius 3 is 2.92 bits per heavy atom. The van der Waals surface area contributed by atoms with Crippen LogP contribution in [0.4, 0.5) is 5.69 Å². The van der Waals surface area contributed by atoms with Gasteiger partial charge in [-0.2, -0.15) is 4.57 Å². The van der Waals surface area contributed by atoms with Crippen LogP contribution in [-0.4, -0.2) is 12.8 Å². The van der Waals surface area contributed by atoms with Crippen molar-refractivity contribution >= 4 is 18.5 Å². The van der Waals surface area contributed by atoms with Crippen LogP contribution in [0.3, 0.4) is 0 Å². The molecule has 13 heavy (non-hydrogen) atoms. The molecule has 1 heterocycles. The first-order chi connectivity index (χ1) is 6.36. The second-order valence-electron chi connectivity index (χ2n) is 2.35. The lowest BCUT2D eigenvalue weighted by Gasteiger charge is -1.97. The van der Waals surface area contributed by atoms with Crippen molar-refractivity contribution < 1.29 is 14.2 Å². The Morgan fingerprint density at radius 2 is 2.23 bits per heavy atom. The summed E-state index contributed by atoms with van der Waals surface area (Å²) >= 11 is 0. The monoisotopic (exact) mass is 180 g/mol. The smallest absolute Gasteiger partial charge is 0.223 e. The molecule has 68 valence electrons. The highest BCUT2D eigenvalue weighted by Gasteiger charge is 1.99. The number of amides is 2. The first-order valence-electron chi connectivity index (χ1n) is 3.73. The molecule has 0 saturated carbocycles. The Kier molecular flexibility index (Phi) is 3.44. The molecule has 2 amide bonds. The fourth-order valence-corrected chi connectivity index (χ4v) is 0.916. The van der Waals surface area contributed by atoms with Crippen LogP contribution in [0.25, 0.3) is 0 Å². The molecule has 0 saturated heterocycles. The van der Waals surface area contributed by atoms with Crippen LogP contribution in [0.1, 0.15) is 0 Å². The first-order valence-corrected chi connectivity index (χ1v) is 3.73. The molecule has 0 fully saturated rings. The van der Waals surface area contributed by atoms with E-state index in [9.17, 15) is 9.59 Å². The van der Waals surface area contributed by atoms with Crippen molar-refractivity contribution in [1.82, 2.24) is 5.32 Å². The Hall–Kier alpha value is -1.91. The Bertz CT molecular complexity index is 301. The summed E-state index contributed by atoms with van der Waals surface area (Å²) in [6.07, 6.45) is 4.72. The molecule has 5 nitrogen and oxygen atoms in total. The van der Waals surface area contributed by atoms with E-state index in [-0.39, 0.29) is 0 Å². The van der Waals surface area contributed by atoms with Crippen molar-refractivity contribution in [1.29, 1.82) is 0 Å². The molecule has 1 aromatic heterocycles. The summed E-state index contributed by atoms with van der Waals surface area (Å²) in [4.78, 5) is 20.1. The van der Waals surface area contributed by atoms with E-state index in [0.29, 0.717) is 25.2 Å². The normalized spacial score (nSPS) is 8.92. The molecule has 0 unspecified atom stereocenters. The maximum atomic E-state index is 10.1. The molecular weight excluding hydrogens is 170 g/mol. The maximum Gasteiger partial charge on any atom is 0.223 e. The van der Waals surface area contributed by atoms with Crippen LogP contribution >= 0.6 is 0 Å². The lowest BCUT2D eigenvalue weighted by molar-refractivity contribution is -0.699. The minimum absolute atomic E-state index is 0.387. The van der Waals surface area contributed by atoms with Crippen LogP contribution < -0.4 is 15.2 Å². The molecular formula is C8H10N3O2+. The quantitative estimate of drug-likeness (QED) is 0.462. The SMILES string of the molecule is O=CNC[n+]1cccc(NC=O)c1. The van der Waals surface area contributed by atoms with E-state index in [4.69, 9.17) is 0 Å². The molecule has 0 aliphatic rings. The highest BCUT2D eigenvalue weighted by Crippen LogP contribution is 1.98. The van der Waals surface area contributed by atoms with Gasteiger partial charge >= 0.3 is 0 Å². The molecule has 1 rings (SSSR count). The van der Waals surface area contributed by atoms with Gasteiger partial charge in [0.2, 0.25) is 19.5 Å². The maximum absolute atomic E-state index is 10.1. The number of anilines is 1. The largest absolute Gasteiger partial charge is 0.324 e. The van der Waals surface area contributed by atoms with Crippen molar-refractivity contribution in [3.8, 4) is 0 Å². The van der Waals surface area contributed by atoms with Gasteiger partial charge in [0.1, 0.15) is 5.69 Å². The minimum Gasteiger partial charge on any atom is -0.324 e. The van der Waals surface area contributed by atoms with Gasteiger partial charge in [-0.1, -0.05) is 0 Å². The highest BCUT2D eigenvalue weighted by atomic mass is 16.1. The molecule has 0 atom stereocenters. The van der Waals surface area contributed by atoms with Gasteiger partial charge in [0, 0.05) is 6.07 Å². The van der Waals surface area contributed by atoms with Gasteiger partial charge in [-0.25, -0.2) is 0 Å². The van der Waals surface area contributed by atoms with Gasteiger partial charge in [0.05, 0.1) is 0 Å². The van der Waals surface area contributed by atoms with Crippen molar-refractivity contribution in [2.24, 2.45) is 0 Å². The van der Waals surface area contributed by atoms with Gasteiger partial charge in [-0.15, -0.1) is 0 Å². The van der Waals surface area contributed by atoms with Crippen LogP contribution in [-0.2, 0) is 16.3 Å². The van der Waals surface area contributed by atoms with E-state index in [2.05, 4.69) is 10.6 Å². The predicted molar refractivity (Wildman–Crippen MR) is 45.5 cm³/mol. The molecule has 0 spiro atoms. The topological polar surface area (TPSA) is 62.1 Å². The lowest BCUT2D eigenvalue weighted by Crippen LogP contribution is -2.40. The Labute approximate surface area is 75.4 Å². The highest BCUT2D eigenvalue weighted by molar-refractivity contribution is 5.69. The zero-order chi connectivity index (χ0) is 9.52. The number of nitrogens with zero attached hydrogens (tertiary/aromatic N) is 1. The number of aromatic nitrogens is 1. The van der Waals surface area contributed by atoms with Crippen LogP contribution in [0, 0.1) is 0 Å². The first kappa shape index (κ1) is 9.18. The summed E-state index contributed by atoms with van der Waals surface area (Å²) in [5.41, 5.74) is 0.685. The number of carbonyl (C=O) groups is 2. The molecule has 0 aliphatic heterocycles. The molecule has 2 N–H and O–H groups in total. The lowest BCUT2D eigenvalue weighted by atomic mass is 10.4. The van der Waals surface area contributed by atoms with E-state index in [1.165, 1.54) is 0 Å². The third kappa shape index (κ3) is 2.90. The summed E-state index contributed by atoms with van der Waals surface area (Å²) in [7, 11) is 0. The van der Waals surface area contributed by atoms with Crippen molar-refractivity contribution in [2.75, 3.05) is 5.32 Å². The fourth-order valence-electron chi connectivity index (χ4n) is 0.916. The van der Waals surface area contributed by atoms with Crippen molar-refractivity contribution in [3.63, 3.8) is 0 Å². The van der Waals surface area contributed by atoms with Gasteiger partial charge in [-0.3, -0.25) is 9.59 Å². The zero-order valence-electron chi connectivity index (χ0n) is 6.93. The van der Waals surface area contributed by atoms with Crippen LogP contribution in [0.5, 0.6) is 0 Å². The Balaban J connectivity index is 2.66. The number of hydrogen-bond donors (Lipinski definition) is 2. The predicted octanol–water partition coefficient (Wildman–Crippen LogP) is -0.754. The zero-order valence-corrected chi connectivity index (χ0v) is 6.93. The Morgan fingerprint density at radius 1 is 1.38 bits per heavy atom. The third-order valence-corrected chi connectivity index (χ3v) is 1.44. The van der Waals surface area contributed by atoms with E-state index in [1.54, 1.807) is 29.1 Å².